The van der Waals surface area contributed by atoms with Gasteiger partial charge in [0.2, 0.25) is 0 Å². The van der Waals surface area contributed by atoms with Crippen LogP contribution in [0.15, 0.2) is 6.07 Å². The molecule has 1 atom stereocenters. The van der Waals surface area contributed by atoms with Crippen molar-refractivity contribution in [1.82, 2.24) is 15.2 Å². The second-order valence-electron chi connectivity index (χ2n) is 3.34. The Labute approximate surface area is 79.1 Å². The molecule has 0 spiro atoms. The number of nitrogens with two attached hydrogens (primary N) is 1. The fourth-order valence-electron chi connectivity index (χ4n) is 1.56. The second kappa shape index (κ2) is 4.39. The average Bonchev–Trinajstić information content (AvgIpc) is 2.41. The molecule has 13 heavy (non-hydrogen) atoms. The van der Waals surface area contributed by atoms with E-state index >= 15 is 0 Å². The van der Waals surface area contributed by atoms with Crippen molar-refractivity contribution in [2.75, 3.05) is 0 Å². The molecular formula is C9H18N4. The first-order valence-corrected chi connectivity index (χ1v) is 4.65. The van der Waals surface area contributed by atoms with E-state index in [1.54, 1.807) is 0 Å². The molecule has 0 aromatic carbocycles. The van der Waals surface area contributed by atoms with Gasteiger partial charge in [0.25, 0.3) is 0 Å². The number of hydrazine groups is 1. The second-order valence-corrected chi connectivity index (χ2v) is 3.34. The van der Waals surface area contributed by atoms with Crippen molar-refractivity contribution < 1.29 is 0 Å². The first-order chi connectivity index (χ1) is 6.19. The van der Waals surface area contributed by atoms with Gasteiger partial charge in [-0.25, -0.2) is 0 Å². The van der Waals surface area contributed by atoms with Gasteiger partial charge < -0.3 is 0 Å². The minimum atomic E-state index is 0.219. The molecule has 1 aromatic rings. The first-order valence-electron chi connectivity index (χ1n) is 4.65. The summed E-state index contributed by atoms with van der Waals surface area (Å²) in [5.74, 6) is 5.48. The summed E-state index contributed by atoms with van der Waals surface area (Å²) in [5.41, 5.74) is 5.00. The van der Waals surface area contributed by atoms with Gasteiger partial charge in [-0.15, -0.1) is 0 Å². The molecule has 74 valence electrons. The van der Waals surface area contributed by atoms with Crippen LogP contribution in [0.2, 0.25) is 0 Å². The Bertz CT molecular complexity index is 267. The number of hydrogen-bond acceptors (Lipinski definition) is 3. The molecule has 1 heterocycles. The topological polar surface area (TPSA) is 55.9 Å². The van der Waals surface area contributed by atoms with E-state index in [0.717, 1.165) is 24.2 Å². The summed E-state index contributed by atoms with van der Waals surface area (Å²) in [7, 11) is 1.95. The first kappa shape index (κ1) is 10.2. The Kier molecular flexibility index (Phi) is 3.45. The highest BCUT2D eigenvalue weighted by molar-refractivity contribution is 5.12. The SMILES string of the molecule is CCCC(NN)c1cc(C)nn1C. The van der Waals surface area contributed by atoms with Crippen LogP contribution in [0.25, 0.3) is 0 Å². The molecule has 0 amide bonds. The minimum Gasteiger partial charge on any atom is -0.271 e. The minimum absolute atomic E-state index is 0.219. The molecule has 1 rings (SSSR count). The van der Waals surface area contributed by atoms with Crippen molar-refractivity contribution in [3.63, 3.8) is 0 Å². The van der Waals surface area contributed by atoms with Crippen LogP contribution in [0, 0.1) is 6.92 Å². The Balaban J connectivity index is 2.83. The van der Waals surface area contributed by atoms with E-state index in [0.29, 0.717) is 0 Å². The summed E-state index contributed by atoms with van der Waals surface area (Å²) in [4.78, 5) is 0. The number of aryl methyl sites for hydroxylation is 2. The summed E-state index contributed by atoms with van der Waals surface area (Å²) >= 11 is 0. The van der Waals surface area contributed by atoms with E-state index in [2.05, 4.69) is 23.5 Å². The number of nitrogens with zero attached hydrogens (tertiary/aromatic N) is 2. The van der Waals surface area contributed by atoms with Crippen molar-refractivity contribution in [2.45, 2.75) is 32.7 Å². The fraction of sp³-hybridized carbons (Fsp3) is 0.667. The molecule has 0 saturated heterocycles. The highest BCUT2D eigenvalue weighted by Crippen LogP contribution is 2.17. The van der Waals surface area contributed by atoms with Crippen LogP contribution in [-0.2, 0) is 7.05 Å². The van der Waals surface area contributed by atoms with Gasteiger partial charge in [-0.05, 0) is 19.4 Å². The molecule has 0 aliphatic rings. The zero-order valence-corrected chi connectivity index (χ0v) is 8.54. The third-order valence-corrected chi connectivity index (χ3v) is 2.17. The van der Waals surface area contributed by atoms with Crippen LogP contribution in [0.5, 0.6) is 0 Å². The lowest BCUT2D eigenvalue weighted by atomic mass is 10.1. The Morgan fingerprint density at radius 3 is 2.77 bits per heavy atom. The van der Waals surface area contributed by atoms with Gasteiger partial charge >= 0.3 is 0 Å². The predicted molar refractivity (Wildman–Crippen MR) is 52.9 cm³/mol. The fourth-order valence-corrected chi connectivity index (χ4v) is 1.56. The van der Waals surface area contributed by atoms with Gasteiger partial charge in [0.1, 0.15) is 0 Å². The molecule has 3 N–H and O–H groups in total. The van der Waals surface area contributed by atoms with E-state index in [-0.39, 0.29) is 6.04 Å². The van der Waals surface area contributed by atoms with E-state index in [1.807, 2.05) is 18.7 Å². The Morgan fingerprint density at radius 1 is 1.69 bits per heavy atom. The van der Waals surface area contributed by atoms with Gasteiger partial charge in [-0.1, -0.05) is 13.3 Å². The summed E-state index contributed by atoms with van der Waals surface area (Å²) in [6, 6.07) is 2.29. The van der Waals surface area contributed by atoms with Crippen LogP contribution in [0.3, 0.4) is 0 Å². The lowest BCUT2D eigenvalue weighted by molar-refractivity contribution is 0.475. The molecule has 1 unspecified atom stereocenters. The lowest BCUT2D eigenvalue weighted by Crippen LogP contribution is -2.29. The highest BCUT2D eigenvalue weighted by atomic mass is 15.3. The normalized spacial score (nSPS) is 13.2. The number of aromatic nitrogens is 2. The van der Waals surface area contributed by atoms with Crippen LogP contribution in [-0.4, -0.2) is 9.78 Å². The largest absolute Gasteiger partial charge is 0.271 e. The van der Waals surface area contributed by atoms with Crippen LogP contribution >= 0.6 is 0 Å². The third kappa shape index (κ3) is 2.29. The van der Waals surface area contributed by atoms with Gasteiger partial charge in [0.05, 0.1) is 17.4 Å². The van der Waals surface area contributed by atoms with E-state index in [9.17, 15) is 0 Å². The van der Waals surface area contributed by atoms with E-state index in [1.165, 1.54) is 0 Å². The number of nitrogens with one attached hydrogen (secondary N) is 1. The monoisotopic (exact) mass is 182 g/mol. The zero-order chi connectivity index (χ0) is 9.84. The molecule has 4 nitrogen and oxygen atoms in total. The van der Waals surface area contributed by atoms with Gasteiger partial charge in [-0.2, -0.15) is 5.10 Å². The predicted octanol–water partition coefficient (Wildman–Crippen LogP) is 1.03. The highest BCUT2D eigenvalue weighted by Gasteiger charge is 2.12. The Hall–Kier alpha value is -0.870. The molecule has 0 radical (unpaired) electrons. The van der Waals surface area contributed by atoms with Crippen molar-refractivity contribution >= 4 is 0 Å². The lowest BCUT2D eigenvalue weighted by Gasteiger charge is -2.14. The van der Waals surface area contributed by atoms with Crippen molar-refractivity contribution in [3.8, 4) is 0 Å². The van der Waals surface area contributed by atoms with Crippen LogP contribution < -0.4 is 11.3 Å². The summed E-state index contributed by atoms with van der Waals surface area (Å²) in [6.45, 7) is 4.14. The maximum Gasteiger partial charge on any atom is 0.0629 e. The summed E-state index contributed by atoms with van der Waals surface area (Å²) in [6.07, 6.45) is 2.15. The quantitative estimate of drug-likeness (QED) is 0.540. The van der Waals surface area contributed by atoms with Gasteiger partial charge in [0, 0.05) is 7.05 Å². The van der Waals surface area contributed by atoms with Gasteiger partial charge in [0.15, 0.2) is 0 Å². The molecule has 1 aromatic heterocycles. The molecule has 4 heteroatoms. The number of rotatable bonds is 4. The molecule has 0 aliphatic carbocycles. The Morgan fingerprint density at radius 2 is 2.38 bits per heavy atom. The molecular weight excluding hydrogens is 164 g/mol. The maximum absolute atomic E-state index is 5.48. The maximum atomic E-state index is 5.48. The molecule has 0 fully saturated rings. The average molecular weight is 182 g/mol. The summed E-state index contributed by atoms with van der Waals surface area (Å²) in [5, 5.41) is 4.28. The zero-order valence-electron chi connectivity index (χ0n) is 8.54. The smallest absolute Gasteiger partial charge is 0.0629 e. The van der Waals surface area contributed by atoms with E-state index < -0.39 is 0 Å². The van der Waals surface area contributed by atoms with E-state index in [4.69, 9.17) is 5.84 Å². The van der Waals surface area contributed by atoms with Crippen molar-refractivity contribution in [2.24, 2.45) is 12.9 Å². The number of hydrogen-bond donors (Lipinski definition) is 2. The molecule has 0 bridgehead atoms. The standard InChI is InChI=1S/C9H18N4/c1-4-5-8(11-10)9-6-7(2)12-13(9)3/h6,8,11H,4-5,10H2,1-3H3. The molecule has 0 aliphatic heterocycles. The van der Waals surface area contributed by atoms with Crippen molar-refractivity contribution in [3.05, 3.63) is 17.5 Å². The van der Waals surface area contributed by atoms with Gasteiger partial charge in [-0.3, -0.25) is 16.0 Å². The van der Waals surface area contributed by atoms with Crippen LogP contribution in [0.4, 0.5) is 0 Å². The summed E-state index contributed by atoms with van der Waals surface area (Å²) < 4.78 is 1.88. The molecule has 0 saturated carbocycles. The van der Waals surface area contributed by atoms with Crippen molar-refractivity contribution in [1.29, 1.82) is 0 Å². The van der Waals surface area contributed by atoms with Crippen LogP contribution in [0.1, 0.15) is 37.2 Å². The third-order valence-electron chi connectivity index (χ3n) is 2.17.